The fourth-order valence-corrected chi connectivity index (χ4v) is 3.09. The predicted molar refractivity (Wildman–Crippen MR) is 93.5 cm³/mol. The second kappa shape index (κ2) is 6.87. The first-order valence-electron chi connectivity index (χ1n) is 7.58. The minimum absolute atomic E-state index is 0.338. The number of nitrogens with one attached hydrogen (secondary N) is 1. The zero-order chi connectivity index (χ0) is 16.2. The monoisotopic (exact) mass is 327 g/mol. The third-order valence-electron chi connectivity index (χ3n) is 3.60. The molecule has 3 rings (SSSR count). The third kappa shape index (κ3) is 3.40. The van der Waals surface area contributed by atoms with E-state index >= 15 is 0 Å². The quantitative estimate of drug-likeness (QED) is 0.655. The van der Waals surface area contributed by atoms with E-state index in [1.54, 1.807) is 6.08 Å². The highest BCUT2D eigenvalue weighted by molar-refractivity contribution is 8.18. The van der Waals surface area contributed by atoms with Gasteiger partial charge in [-0.3, -0.25) is 14.9 Å². The molecular weight excluding hydrogens is 310 g/mol. The Labute approximate surface area is 138 Å². The van der Waals surface area contributed by atoms with Crippen LogP contribution in [0.4, 0.5) is 4.79 Å². The largest absolute Gasteiger partial charge is 0.493 e. The molecule has 0 radical (unpaired) electrons. The van der Waals surface area contributed by atoms with Crippen LogP contribution in [-0.4, -0.2) is 17.8 Å². The summed E-state index contributed by atoms with van der Waals surface area (Å²) in [6.45, 7) is 2.74. The van der Waals surface area contributed by atoms with E-state index in [0.717, 1.165) is 46.7 Å². The van der Waals surface area contributed by atoms with Crippen LogP contribution >= 0.6 is 11.8 Å². The maximum atomic E-state index is 11.8. The molecular formula is C18H17NO3S. The number of benzene rings is 2. The van der Waals surface area contributed by atoms with Crippen molar-refractivity contribution in [1.82, 2.24) is 5.32 Å². The highest BCUT2D eigenvalue weighted by Gasteiger charge is 2.25. The van der Waals surface area contributed by atoms with E-state index in [4.69, 9.17) is 4.74 Å². The van der Waals surface area contributed by atoms with Crippen LogP contribution in [0.25, 0.3) is 16.8 Å². The Balaban J connectivity index is 2.07. The molecule has 1 aliphatic rings. The topological polar surface area (TPSA) is 55.4 Å². The van der Waals surface area contributed by atoms with E-state index in [-0.39, 0.29) is 11.1 Å². The third-order valence-corrected chi connectivity index (χ3v) is 4.41. The van der Waals surface area contributed by atoms with E-state index in [2.05, 4.69) is 12.2 Å². The summed E-state index contributed by atoms with van der Waals surface area (Å²) in [5.74, 6) is 0.379. The van der Waals surface area contributed by atoms with Gasteiger partial charge in [0.15, 0.2) is 0 Å². The van der Waals surface area contributed by atoms with Gasteiger partial charge < -0.3 is 4.74 Å². The van der Waals surface area contributed by atoms with Crippen LogP contribution in [0.15, 0.2) is 41.3 Å². The molecule has 1 fully saturated rings. The Morgan fingerprint density at radius 1 is 1.17 bits per heavy atom. The molecule has 118 valence electrons. The summed E-state index contributed by atoms with van der Waals surface area (Å²) >= 11 is 0.920. The van der Waals surface area contributed by atoms with Gasteiger partial charge >= 0.3 is 0 Å². The van der Waals surface area contributed by atoms with Crippen LogP contribution in [0.1, 0.15) is 25.3 Å². The molecule has 4 nitrogen and oxygen atoms in total. The fraction of sp³-hybridized carbons (Fsp3) is 0.222. The number of hydrogen-bond acceptors (Lipinski definition) is 4. The molecule has 0 atom stereocenters. The van der Waals surface area contributed by atoms with Crippen molar-refractivity contribution >= 4 is 39.8 Å². The number of unbranched alkanes of at least 4 members (excludes halogenated alkanes) is 1. The van der Waals surface area contributed by atoms with Crippen molar-refractivity contribution in [2.24, 2.45) is 0 Å². The number of hydrogen-bond donors (Lipinski definition) is 1. The van der Waals surface area contributed by atoms with Crippen LogP contribution < -0.4 is 10.1 Å². The van der Waals surface area contributed by atoms with Gasteiger partial charge in [0.05, 0.1) is 11.5 Å². The maximum Gasteiger partial charge on any atom is 0.290 e. The van der Waals surface area contributed by atoms with E-state index in [0.29, 0.717) is 11.5 Å². The van der Waals surface area contributed by atoms with Crippen molar-refractivity contribution < 1.29 is 14.3 Å². The highest BCUT2D eigenvalue weighted by atomic mass is 32.2. The van der Waals surface area contributed by atoms with Crippen LogP contribution in [0.3, 0.4) is 0 Å². The Hall–Kier alpha value is -2.27. The standard InChI is InChI=1S/C18H17NO3S/c1-2-3-10-22-15-9-8-12-6-4-5-7-13(12)14(15)11-16-17(20)19-18(21)23-16/h4-9,11H,2-3,10H2,1H3,(H,19,20,21). The molecule has 1 saturated heterocycles. The molecule has 1 heterocycles. The number of carbonyl (C=O) groups is 2. The number of thioether (sulfide) groups is 1. The van der Waals surface area contributed by atoms with Gasteiger partial charge in [-0.25, -0.2) is 0 Å². The molecule has 2 amide bonds. The summed E-state index contributed by atoms with van der Waals surface area (Å²) in [4.78, 5) is 23.6. The maximum absolute atomic E-state index is 11.8. The minimum atomic E-state index is -0.354. The summed E-state index contributed by atoms with van der Waals surface area (Å²) in [6.07, 6.45) is 3.77. The SMILES string of the molecule is CCCCOc1ccc2ccccc2c1C=C1SC(=O)NC1=O. The lowest BCUT2D eigenvalue weighted by atomic mass is 10.0. The van der Waals surface area contributed by atoms with E-state index < -0.39 is 0 Å². The summed E-state index contributed by atoms with van der Waals surface area (Å²) in [7, 11) is 0. The summed E-state index contributed by atoms with van der Waals surface area (Å²) < 4.78 is 5.89. The molecule has 1 aliphatic heterocycles. The normalized spacial score (nSPS) is 16.1. The van der Waals surface area contributed by atoms with E-state index in [1.165, 1.54) is 0 Å². The fourth-order valence-electron chi connectivity index (χ4n) is 2.43. The Morgan fingerprint density at radius 2 is 2.00 bits per heavy atom. The number of ether oxygens (including phenoxy) is 1. The van der Waals surface area contributed by atoms with Crippen LogP contribution in [0.2, 0.25) is 0 Å². The average molecular weight is 327 g/mol. The number of fused-ring (bicyclic) bond motifs is 1. The first kappa shape index (κ1) is 15.6. The van der Waals surface area contributed by atoms with Crippen molar-refractivity contribution in [3.05, 3.63) is 46.9 Å². The van der Waals surface area contributed by atoms with Gasteiger partial charge in [0.25, 0.3) is 11.1 Å². The molecule has 23 heavy (non-hydrogen) atoms. The Bertz CT molecular complexity index is 798. The second-order valence-corrected chi connectivity index (χ2v) is 6.27. The van der Waals surface area contributed by atoms with Gasteiger partial charge in [-0.2, -0.15) is 0 Å². The molecule has 0 aliphatic carbocycles. The predicted octanol–water partition coefficient (Wildman–Crippen LogP) is 4.34. The lowest BCUT2D eigenvalue weighted by Gasteiger charge is -2.12. The molecule has 0 spiro atoms. The summed E-state index contributed by atoms with van der Waals surface area (Å²) in [5, 5.41) is 4.01. The zero-order valence-electron chi connectivity index (χ0n) is 12.8. The minimum Gasteiger partial charge on any atom is -0.493 e. The number of amides is 2. The molecule has 0 aromatic heterocycles. The molecule has 2 aromatic carbocycles. The molecule has 0 unspecified atom stereocenters. The second-order valence-electron chi connectivity index (χ2n) is 5.25. The molecule has 2 aromatic rings. The van der Waals surface area contributed by atoms with Crippen molar-refractivity contribution in [3.8, 4) is 5.75 Å². The molecule has 0 bridgehead atoms. The van der Waals surface area contributed by atoms with Gasteiger partial charge in [0, 0.05) is 5.56 Å². The smallest absolute Gasteiger partial charge is 0.290 e. The molecule has 1 N–H and O–H groups in total. The number of carbonyl (C=O) groups excluding carboxylic acids is 2. The summed E-state index contributed by atoms with van der Waals surface area (Å²) in [6, 6.07) is 11.9. The summed E-state index contributed by atoms with van der Waals surface area (Å²) in [5.41, 5.74) is 0.839. The molecule has 5 heteroatoms. The lowest BCUT2D eigenvalue weighted by molar-refractivity contribution is -0.115. The highest BCUT2D eigenvalue weighted by Crippen LogP contribution is 2.34. The van der Waals surface area contributed by atoms with Crippen LogP contribution in [0.5, 0.6) is 5.75 Å². The number of rotatable bonds is 5. The van der Waals surface area contributed by atoms with Crippen molar-refractivity contribution in [3.63, 3.8) is 0 Å². The van der Waals surface area contributed by atoms with Gasteiger partial charge in [-0.05, 0) is 41.1 Å². The van der Waals surface area contributed by atoms with Gasteiger partial charge in [-0.1, -0.05) is 43.7 Å². The van der Waals surface area contributed by atoms with Gasteiger partial charge in [0.1, 0.15) is 5.75 Å². The zero-order valence-corrected chi connectivity index (χ0v) is 13.6. The number of imide groups is 1. The van der Waals surface area contributed by atoms with E-state index in [9.17, 15) is 9.59 Å². The van der Waals surface area contributed by atoms with Gasteiger partial charge in [0.2, 0.25) is 0 Å². The van der Waals surface area contributed by atoms with Crippen LogP contribution in [0, 0.1) is 0 Å². The van der Waals surface area contributed by atoms with Crippen LogP contribution in [-0.2, 0) is 4.79 Å². The van der Waals surface area contributed by atoms with Crippen molar-refractivity contribution in [2.75, 3.05) is 6.61 Å². The van der Waals surface area contributed by atoms with Crippen molar-refractivity contribution in [2.45, 2.75) is 19.8 Å². The Morgan fingerprint density at radius 3 is 2.74 bits per heavy atom. The van der Waals surface area contributed by atoms with Gasteiger partial charge in [-0.15, -0.1) is 0 Å². The van der Waals surface area contributed by atoms with E-state index in [1.807, 2.05) is 36.4 Å². The average Bonchev–Trinajstić information content (AvgIpc) is 2.87. The first-order chi connectivity index (χ1) is 11.2. The lowest BCUT2D eigenvalue weighted by Crippen LogP contribution is -2.17. The molecule has 0 saturated carbocycles. The van der Waals surface area contributed by atoms with Crippen molar-refractivity contribution in [1.29, 1.82) is 0 Å². The first-order valence-corrected chi connectivity index (χ1v) is 8.40. The Kier molecular flexibility index (Phi) is 4.67.